The van der Waals surface area contributed by atoms with Crippen molar-refractivity contribution in [3.8, 4) is 0 Å². The second kappa shape index (κ2) is 4.33. The van der Waals surface area contributed by atoms with E-state index in [1.165, 1.54) is 4.57 Å². The number of para-hydroxylation sites is 2. The molecule has 2 aromatic rings. The van der Waals surface area contributed by atoms with Crippen molar-refractivity contribution in [3.63, 3.8) is 0 Å². The fourth-order valence-electron chi connectivity index (χ4n) is 2.74. The van der Waals surface area contributed by atoms with E-state index in [0.717, 1.165) is 5.52 Å². The van der Waals surface area contributed by atoms with Crippen molar-refractivity contribution < 1.29 is 9.90 Å². The van der Waals surface area contributed by atoms with Crippen LogP contribution < -0.4 is 10.5 Å². The number of nitrogens with zero attached hydrogens (tertiary/aromatic N) is 3. The number of aliphatic carboxylic acids is 1. The first-order valence-corrected chi connectivity index (χ1v) is 6.46. The number of aryl methyl sites for hydroxylation is 1. The van der Waals surface area contributed by atoms with Gasteiger partial charge in [-0.25, -0.2) is 9.78 Å². The van der Waals surface area contributed by atoms with Gasteiger partial charge in [0.1, 0.15) is 6.04 Å². The highest BCUT2D eigenvalue weighted by molar-refractivity contribution is 5.82. The molecule has 0 aliphatic carbocycles. The maximum Gasteiger partial charge on any atom is 0.326 e. The van der Waals surface area contributed by atoms with Crippen molar-refractivity contribution in [3.05, 3.63) is 34.6 Å². The molecule has 1 N–H and O–H groups in total. The van der Waals surface area contributed by atoms with Gasteiger partial charge in [0, 0.05) is 19.5 Å². The molecule has 6 nitrogen and oxygen atoms in total. The van der Waals surface area contributed by atoms with E-state index >= 15 is 0 Å². The molecule has 1 saturated heterocycles. The van der Waals surface area contributed by atoms with Gasteiger partial charge >= 0.3 is 5.97 Å². The van der Waals surface area contributed by atoms with Crippen LogP contribution in [0.1, 0.15) is 6.92 Å². The average Bonchev–Trinajstić information content (AvgIpc) is 2.39. The van der Waals surface area contributed by atoms with Gasteiger partial charge in [-0.15, -0.1) is 0 Å². The third-order valence-corrected chi connectivity index (χ3v) is 3.85. The highest BCUT2D eigenvalue weighted by Gasteiger charge is 2.43. The maximum absolute atomic E-state index is 12.4. The molecule has 1 aromatic carbocycles. The molecule has 1 fully saturated rings. The van der Waals surface area contributed by atoms with Crippen LogP contribution in [0.2, 0.25) is 0 Å². The topological polar surface area (TPSA) is 75.4 Å². The van der Waals surface area contributed by atoms with Gasteiger partial charge in [-0.05, 0) is 12.1 Å². The number of carbonyl (C=O) groups is 1. The van der Waals surface area contributed by atoms with Gasteiger partial charge in [0.15, 0.2) is 5.82 Å². The van der Waals surface area contributed by atoms with Crippen LogP contribution in [0, 0.1) is 5.92 Å². The molecule has 2 atom stereocenters. The smallest absolute Gasteiger partial charge is 0.326 e. The third-order valence-electron chi connectivity index (χ3n) is 3.85. The summed E-state index contributed by atoms with van der Waals surface area (Å²) in [5.74, 6) is -0.678. The van der Waals surface area contributed by atoms with Crippen molar-refractivity contribution >= 4 is 22.8 Å². The second-order valence-electron chi connectivity index (χ2n) is 5.20. The molecule has 1 aromatic heterocycles. The minimum Gasteiger partial charge on any atom is -0.480 e. The van der Waals surface area contributed by atoms with E-state index in [1.807, 2.05) is 31.2 Å². The largest absolute Gasteiger partial charge is 0.480 e. The highest BCUT2D eigenvalue weighted by atomic mass is 16.4. The molecule has 6 heteroatoms. The van der Waals surface area contributed by atoms with Gasteiger partial charge in [0.05, 0.1) is 11.0 Å². The maximum atomic E-state index is 12.4. The average molecular weight is 273 g/mol. The summed E-state index contributed by atoms with van der Waals surface area (Å²) in [4.78, 5) is 29.5. The van der Waals surface area contributed by atoms with Gasteiger partial charge in [0.2, 0.25) is 0 Å². The first-order valence-electron chi connectivity index (χ1n) is 6.46. The van der Waals surface area contributed by atoms with Crippen LogP contribution in [0.25, 0.3) is 11.0 Å². The van der Waals surface area contributed by atoms with Gasteiger partial charge in [-0.3, -0.25) is 4.79 Å². The summed E-state index contributed by atoms with van der Waals surface area (Å²) in [5, 5.41) is 9.23. The zero-order chi connectivity index (χ0) is 14.4. The predicted molar refractivity (Wildman–Crippen MR) is 74.9 cm³/mol. The Bertz CT molecular complexity index is 753. The lowest BCUT2D eigenvalue weighted by atomic mass is 9.90. The summed E-state index contributed by atoms with van der Waals surface area (Å²) >= 11 is 0. The van der Waals surface area contributed by atoms with E-state index in [1.54, 1.807) is 11.9 Å². The van der Waals surface area contributed by atoms with E-state index in [-0.39, 0.29) is 17.3 Å². The van der Waals surface area contributed by atoms with Crippen LogP contribution in [-0.2, 0) is 11.8 Å². The molecule has 1 aliphatic rings. The van der Waals surface area contributed by atoms with E-state index in [4.69, 9.17) is 0 Å². The summed E-state index contributed by atoms with van der Waals surface area (Å²) in [6, 6.07) is 6.65. The number of hydrogen-bond acceptors (Lipinski definition) is 4. The van der Waals surface area contributed by atoms with Crippen molar-refractivity contribution in [2.75, 3.05) is 11.4 Å². The van der Waals surface area contributed by atoms with Crippen molar-refractivity contribution in [1.29, 1.82) is 0 Å². The van der Waals surface area contributed by atoms with Crippen LogP contribution in [0.15, 0.2) is 29.1 Å². The monoisotopic (exact) mass is 273 g/mol. The SMILES string of the molecule is C[C@H]1CN(c2nc3ccccc3n(C)c2=O)[C@@H]1C(=O)O. The molecule has 2 heterocycles. The summed E-state index contributed by atoms with van der Waals surface area (Å²) in [6.45, 7) is 2.40. The molecule has 0 amide bonds. The van der Waals surface area contributed by atoms with E-state index in [0.29, 0.717) is 12.1 Å². The fraction of sp³-hybridized carbons (Fsp3) is 0.357. The molecule has 1 aliphatic heterocycles. The number of hydrogen-bond donors (Lipinski definition) is 1. The zero-order valence-electron chi connectivity index (χ0n) is 11.3. The summed E-state index contributed by atoms with van der Waals surface area (Å²) < 4.78 is 1.51. The Hall–Kier alpha value is -2.37. The Balaban J connectivity index is 2.16. The second-order valence-corrected chi connectivity index (χ2v) is 5.20. The Morgan fingerprint density at radius 2 is 2.10 bits per heavy atom. The number of carboxylic acid groups (broad SMARTS) is 1. The van der Waals surface area contributed by atoms with Crippen LogP contribution in [0.5, 0.6) is 0 Å². The minimum absolute atomic E-state index is 0.0190. The summed E-state index contributed by atoms with van der Waals surface area (Å²) in [7, 11) is 1.68. The van der Waals surface area contributed by atoms with Crippen LogP contribution >= 0.6 is 0 Å². The van der Waals surface area contributed by atoms with Gasteiger partial charge in [0.25, 0.3) is 5.56 Å². The molecular formula is C14H15N3O3. The first kappa shape index (κ1) is 12.7. The predicted octanol–water partition coefficient (Wildman–Crippen LogP) is 0.843. The molecule has 104 valence electrons. The fourth-order valence-corrected chi connectivity index (χ4v) is 2.74. The molecule has 0 spiro atoms. The Morgan fingerprint density at radius 1 is 1.40 bits per heavy atom. The molecule has 0 radical (unpaired) electrons. The van der Waals surface area contributed by atoms with Gasteiger partial charge in [-0.1, -0.05) is 19.1 Å². The molecule has 0 saturated carbocycles. The summed E-state index contributed by atoms with van der Waals surface area (Å²) in [5.41, 5.74) is 1.16. The lowest BCUT2D eigenvalue weighted by Crippen LogP contribution is -2.61. The van der Waals surface area contributed by atoms with Crippen LogP contribution in [-0.4, -0.2) is 33.2 Å². The normalized spacial score (nSPS) is 21.8. The standard InChI is InChI=1S/C14H15N3O3/c1-8-7-17(11(8)14(19)20)12-13(18)16(2)10-6-4-3-5-9(10)15-12/h3-6,8,11H,7H2,1-2H3,(H,19,20)/t8-,11-/m0/s1. The van der Waals surface area contributed by atoms with E-state index < -0.39 is 12.0 Å². The number of fused-ring (bicyclic) bond motifs is 1. The molecular weight excluding hydrogens is 258 g/mol. The number of anilines is 1. The Morgan fingerprint density at radius 3 is 2.75 bits per heavy atom. The van der Waals surface area contributed by atoms with Crippen LogP contribution in [0.4, 0.5) is 5.82 Å². The minimum atomic E-state index is -0.916. The highest BCUT2D eigenvalue weighted by Crippen LogP contribution is 2.28. The Kier molecular flexibility index (Phi) is 2.74. The van der Waals surface area contributed by atoms with Crippen molar-refractivity contribution in [1.82, 2.24) is 9.55 Å². The lowest BCUT2D eigenvalue weighted by molar-refractivity contribution is -0.141. The molecule has 20 heavy (non-hydrogen) atoms. The number of rotatable bonds is 2. The summed E-state index contributed by atoms with van der Waals surface area (Å²) in [6.07, 6.45) is 0. The first-order chi connectivity index (χ1) is 9.50. The van der Waals surface area contributed by atoms with Gasteiger partial charge < -0.3 is 14.6 Å². The van der Waals surface area contributed by atoms with E-state index in [2.05, 4.69) is 4.98 Å². The molecule has 0 unspecified atom stereocenters. The lowest BCUT2D eigenvalue weighted by Gasteiger charge is -2.44. The van der Waals surface area contributed by atoms with Crippen molar-refractivity contribution in [2.24, 2.45) is 13.0 Å². The number of benzene rings is 1. The van der Waals surface area contributed by atoms with E-state index in [9.17, 15) is 14.7 Å². The number of aromatic nitrogens is 2. The molecule has 0 bridgehead atoms. The number of carboxylic acids is 1. The molecule has 3 rings (SSSR count). The third kappa shape index (κ3) is 1.68. The van der Waals surface area contributed by atoms with Crippen molar-refractivity contribution in [2.45, 2.75) is 13.0 Å². The Labute approximate surface area is 115 Å². The van der Waals surface area contributed by atoms with Crippen LogP contribution in [0.3, 0.4) is 0 Å². The van der Waals surface area contributed by atoms with Gasteiger partial charge in [-0.2, -0.15) is 0 Å². The quantitative estimate of drug-likeness (QED) is 0.877. The zero-order valence-corrected chi connectivity index (χ0v) is 11.3.